The van der Waals surface area contributed by atoms with Gasteiger partial charge in [0.2, 0.25) is 5.91 Å². The number of carbonyl (C=O) groups is 1. The molecule has 0 saturated heterocycles. The lowest BCUT2D eigenvalue weighted by atomic mass is 10.3. The Hall–Kier alpha value is -1.80. The Kier molecular flexibility index (Phi) is 6.23. The maximum absolute atomic E-state index is 12.2. The standard InChI is InChI=1S/C15H14F2N2O2S2/c1-10(22-13-4-2-3-9-19(13)21)14(20)18-11-5-7-12(8-6-11)23-15(16)17/h2-10,15H,1H3,(H,18,20)/t10-/m1/s1. The molecule has 8 heteroatoms. The average Bonchev–Trinajstić information content (AvgIpc) is 2.51. The summed E-state index contributed by atoms with van der Waals surface area (Å²) in [6.07, 6.45) is 1.37. The van der Waals surface area contributed by atoms with Crippen molar-refractivity contribution in [2.45, 2.75) is 27.9 Å². The first kappa shape index (κ1) is 17.6. The smallest absolute Gasteiger partial charge is 0.288 e. The summed E-state index contributed by atoms with van der Waals surface area (Å²) in [7, 11) is 0. The fourth-order valence-electron chi connectivity index (χ4n) is 1.70. The van der Waals surface area contributed by atoms with Gasteiger partial charge in [-0.25, -0.2) is 0 Å². The van der Waals surface area contributed by atoms with Gasteiger partial charge in [0.15, 0.2) is 6.20 Å². The highest BCUT2D eigenvalue weighted by Gasteiger charge is 2.18. The van der Waals surface area contributed by atoms with Crippen LogP contribution in [-0.2, 0) is 4.79 Å². The van der Waals surface area contributed by atoms with Crippen LogP contribution in [0.15, 0.2) is 58.6 Å². The Morgan fingerprint density at radius 1 is 1.17 bits per heavy atom. The summed E-state index contributed by atoms with van der Waals surface area (Å²) >= 11 is 1.59. The van der Waals surface area contributed by atoms with E-state index in [9.17, 15) is 18.8 Å². The Balaban J connectivity index is 1.94. The van der Waals surface area contributed by atoms with Crippen molar-refractivity contribution in [2.24, 2.45) is 0 Å². The quantitative estimate of drug-likeness (QED) is 0.486. The van der Waals surface area contributed by atoms with Gasteiger partial charge in [-0.15, -0.1) is 0 Å². The van der Waals surface area contributed by atoms with Crippen molar-refractivity contribution in [3.8, 4) is 0 Å². The highest BCUT2D eigenvalue weighted by Crippen LogP contribution is 2.26. The van der Waals surface area contributed by atoms with Gasteiger partial charge in [-0.3, -0.25) is 4.79 Å². The van der Waals surface area contributed by atoms with Crippen molar-refractivity contribution in [3.63, 3.8) is 0 Å². The first-order chi connectivity index (χ1) is 11.0. The first-order valence-electron chi connectivity index (χ1n) is 6.66. The minimum atomic E-state index is -2.48. The van der Waals surface area contributed by atoms with E-state index in [1.54, 1.807) is 37.3 Å². The lowest BCUT2D eigenvalue weighted by Gasteiger charge is -2.12. The zero-order valence-electron chi connectivity index (χ0n) is 12.1. The Labute approximate surface area is 140 Å². The van der Waals surface area contributed by atoms with Crippen LogP contribution >= 0.6 is 23.5 Å². The van der Waals surface area contributed by atoms with Gasteiger partial charge in [0.25, 0.3) is 10.8 Å². The third-order valence-electron chi connectivity index (χ3n) is 2.80. The lowest BCUT2D eigenvalue weighted by Crippen LogP contribution is -2.30. The third-order valence-corrected chi connectivity index (χ3v) is 4.65. The van der Waals surface area contributed by atoms with Gasteiger partial charge in [0, 0.05) is 22.7 Å². The van der Waals surface area contributed by atoms with E-state index < -0.39 is 11.0 Å². The van der Waals surface area contributed by atoms with E-state index in [0.717, 1.165) is 11.8 Å². The van der Waals surface area contributed by atoms with E-state index in [4.69, 9.17) is 0 Å². The molecule has 1 N–H and O–H groups in total. The van der Waals surface area contributed by atoms with Crippen LogP contribution in [0.25, 0.3) is 0 Å². The van der Waals surface area contributed by atoms with Crippen molar-refractivity contribution in [1.29, 1.82) is 0 Å². The number of thioether (sulfide) groups is 2. The van der Waals surface area contributed by atoms with Crippen LogP contribution in [0.2, 0.25) is 0 Å². The van der Waals surface area contributed by atoms with Crippen LogP contribution in [0.1, 0.15) is 6.92 Å². The fraction of sp³-hybridized carbons (Fsp3) is 0.200. The van der Waals surface area contributed by atoms with Crippen molar-refractivity contribution >= 4 is 35.1 Å². The molecule has 0 spiro atoms. The summed E-state index contributed by atoms with van der Waals surface area (Å²) in [6.45, 7) is 1.69. The van der Waals surface area contributed by atoms with Gasteiger partial charge in [-0.05, 0) is 49.0 Å². The van der Waals surface area contributed by atoms with Gasteiger partial charge in [0.1, 0.15) is 0 Å². The number of nitrogens with zero attached hydrogens (tertiary/aromatic N) is 1. The molecule has 0 aliphatic heterocycles. The van der Waals surface area contributed by atoms with Crippen molar-refractivity contribution < 1.29 is 18.3 Å². The number of rotatable bonds is 6. The first-order valence-corrected chi connectivity index (χ1v) is 8.42. The van der Waals surface area contributed by atoms with Gasteiger partial charge in [-0.2, -0.15) is 13.5 Å². The molecule has 1 aromatic heterocycles. The maximum atomic E-state index is 12.2. The summed E-state index contributed by atoms with van der Waals surface area (Å²) in [5.74, 6) is -2.75. The van der Waals surface area contributed by atoms with Crippen molar-refractivity contribution in [3.05, 3.63) is 53.9 Å². The van der Waals surface area contributed by atoms with Crippen LogP contribution in [0, 0.1) is 5.21 Å². The van der Waals surface area contributed by atoms with E-state index in [0.29, 0.717) is 32.1 Å². The zero-order valence-corrected chi connectivity index (χ0v) is 13.7. The molecule has 1 aromatic carbocycles. The number of amides is 1. The maximum Gasteiger partial charge on any atom is 0.288 e. The summed E-state index contributed by atoms with van der Waals surface area (Å²) in [4.78, 5) is 12.6. The van der Waals surface area contributed by atoms with Crippen LogP contribution in [0.5, 0.6) is 0 Å². The number of aromatic nitrogens is 1. The highest BCUT2D eigenvalue weighted by atomic mass is 32.2. The molecule has 2 rings (SSSR count). The number of nitrogens with one attached hydrogen (secondary N) is 1. The number of pyridine rings is 1. The topological polar surface area (TPSA) is 56.0 Å². The molecule has 1 amide bonds. The predicted octanol–water partition coefficient (Wildman–Crippen LogP) is 3.75. The monoisotopic (exact) mass is 356 g/mol. The van der Waals surface area contributed by atoms with E-state index in [1.165, 1.54) is 18.3 Å². The second kappa shape index (κ2) is 8.16. The normalized spacial score (nSPS) is 12.2. The molecular formula is C15H14F2N2O2S2. The molecule has 4 nitrogen and oxygen atoms in total. The second-order valence-electron chi connectivity index (χ2n) is 4.52. The Bertz CT molecular complexity index is 669. The van der Waals surface area contributed by atoms with Crippen LogP contribution in [-0.4, -0.2) is 16.9 Å². The lowest BCUT2D eigenvalue weighted by molar-refractivity contribution is -0.645. The molecule has 23 heavy (non-hydrogen) atoms. The molecule has 0 saturated carbocycles. The highest BCUT2D eigenvalue weighted by molar-refractivity contribution is 8.00. The molecule has 2 aromatic rings. The molecule has 0 bridgehead atoms. The van der Waals surface area contributed by atoms with Gasteiger partial charge in [-0.1, -0.05) is 11.8 Å². The van der Waals surface area contributed by atoms with Crippen LogP contribution in [0.3, 0.4) is 0 Å². The van der Waals surface area contributed by atoms with Gasteiger partial charge in [0.05, 0.1) is 5.25 Å². The van der Waals surface area contributed by atoms with Gasteiger partial charge >= 0.3 is 0 Å². The summed E-state index contributed by atoms with van der Waals surface area (Å²) in [6, 6.07) is 11.1. The summed E-state index contributed by atoms with van der Waals surface area (Å²) in [5, 5.41) is 14.2. The van der Waals surface area contributed by atoms with E-state index in [1.807, 2.05) is 0 Å². The predicted molar refractivity (Wildman–Crippen MR) is 87.7 cm³/mol. The fourth-order valence-corrected chi connectivity index (χ4v) is 3.05. The molecule has 0 aliphatic rings. The van der Waals surface area contributed by atoms with E-state index in [-0.39, 0.29) is 5.91 Å². The summed E-state index contributed by atoms with van der Waals surface area (Å²) in [5.41, 5.74) is 0.518. The molecular weight excluding hydrogens is 342 g/mol. The number of halogens is 2. The minimum Gasteiger partial charge on any atom is -0.618 e. The molecule has 0 fully saturated rings. The van der Waals surface area contributed by atoms with Crippen LogP contribution in [0.4, 0.5) is 14.5 Å². The Morgan fingerprint density at radius 2 is 1.87 bits per heavy atom. The molecule has 0 unspecified atom stereocenters. The molecule has 0 radical (unpaired) electrons. The Morgan fingerprint density at radius 3 is 2.48 bits per heavy atom. The van der Waals surface area contributed by atoms with Gasteiger partial charge < -0.3 is 10.5 Å². The van der Waals surface area contributed by atoms with E-state index >= 15 is 0 Å². The number of benzene rings is 1. The van der Waals surface area contributed by atoms with Crippen molar-refractivity contribution in [1.82, 2.24) is 0 Å². The number of anilines is 1. The summed E-state index contributed by atoms with van der Waals surface area (Å²) < 4.78 is 25.2. The molecule has 1 heterocycles. The molecule has 0 aliphatic carbocycles. The number of carbonyl (C=O) groups excluding carboxylic acids is 1. The van der Waals surface area contributed by atoms with E-state index in [2.05, 4.69) is 5.32 Å². The molecule has 122 valence electrons. The second-order valence-corrected chi connectivity index (χ2v) is 6.94. The third kappa shape index (κ3) is 5.40. The number of hydrogen-bond donors (Lipinski definition) is 1. The SMILES string of the molecule is C[C@@H](Sc1cccc[n+]1[O-])C(=O)Nc1ccc(SC(F)F)cc1. The number of alkyl halides is 2. The molecule has 1 atom stereocenters. The average molecular weight is 356 g/mol. The minimum absolute atomic E-state index is 0.270. The largest absolute Gasteiger partial charge is 0.618 e. The van der Waals surface area contributed by atoms with Crippen LogP contribution < -0.4 is 10.0 Å². The van der Waals surface area contributed by atoms with Crippen molar-refractivity contribution in [2.75, 3.05) is 5.32 Å². The zero-order chi connectivity index (χ0) is 16.8. The number of hydrogen-bond acceptors (Lipinski definition) is 4.